The third-order valence-electron chi connectivity index (χ3n) is 4.19. The first kappa shape index (κ1) is 18.7. The Bertz CT molecular complexity index is 897. The van der Waals surface area contributed by atoms with Gasteiger partial charge < -0.3 is 15.2 Å². The molecule has 140 valence electrons. The van der Waals surface area contributed by atoms with Crippen LogP contribution in [0.3, 0.4) is 0 Å². The number of rotatable bonds is 6. The van der Waals surface area contributed by atoms with Crippen molar-refractivity contribution in [3.05, 3.63) is 53.1 Å². The van der Waals surface area contributed by atoms with E-state index < -0.39 is 12.0 Å². The van der Waals surface area contributed by atoms with Crippen LogP contribution in [0.5, 0.6) is 5.75 Å². The summed E-state index contributed by atoms with van der Waals surface area (Å²) in [6, 6.07) is 10.7. The molecule has 3 rings (SSSR count). The summed E-state index contributed by atoms with van der Waals surface area (Å²) in [5.41, 5.74) is 1.66. The molecule has 0 aromatic heterocycles. The predicted octanol–water partition coefficient (Wildman–Crippen LogP) is 2.72. The lowest BCUT2D eigenvalue weighted by molar-refractivity contribution is -0.136. The monoisotopic (exact) mass is 388 g/mol. The summed E-state index contributed by atoms with van der Waals surface area (Å²) >= 11 is 6.09. The molecule has 2 N–H and O–H groups in total. The lowest BCUT2D eigenvalue weighted by Gasteiger charge is -2.17. The number of aliphatic carboxylic acids is 1. The number of carboxylic acid groups (broad SMARTS) is 1. The van der Waals surface area contributed by atoms with E-state index in [0.29, 0.717) is 27.7 Å². The Hall–Kier alpha value is -3.06. The number of hydrogen-bond acceptors (Lipinski definition) is 5. The number of benzene rings is 2. The summed E-state index contributed by atoms with van der Waals surface area (Å²) < 4.78 is 5.08. The van der Waals surface area contributed by atoms with Gasteiger partial charge in [0.05, 0.1) is 30.7 Å². The number of carbonyl (C=O) groups excluding carboxylic acids is 2. The third-order valence-corrected chi connectivity index (χ3v) is 4.49. The molecule has 7 nitrogen and oxygen atoms in total. The zero-order valence-corrected chi connectivity index (χ0v) is 15.2. The molecule has 1 aliphatic rings. The lowest BCUT2D eigenvalue weighted by Crippen LogP contribution is -2.34. The van der Waals surface area contributed by atoms with Crippen molar-refractivity contribution in [1.29, 1.82) is 0 Å². The molecule has 2 aromatic rings. The zero-order valence-electron chi connectivity index (χ0n) is 14.4. The number of halogens is 1. The van der Waals surface area contributed by atoms with Crippen LogP contribution in [0.15, 0.2) is 42.5 Å². The van der Waals surface area contributed by atoms with Crippen molar-refractivity contribution in [3.8, 4) is 5.75 Å². The van der Waals surface area contributed by atoms with Gasteiger partial charge in [0, 0.05) is 5.69 Å². The highest BCUT2D eigenvalue weighted by molar-refractivity contribution is 6.33. The molecule has 0 bridgehead atoms. The second kappa shape index (κ2) is 7.67. The van der Waals surface area contributed by atoms with Gasteiger partial charge in [0.15, 0.2) is 0 Å². The van der Waals surface area contributed by atoms with Gasteiger partial charge in [0.1, 0.15) is 11.8 Å². The van der Waals surface area contributed by atoms with Crippen LogP contribution >= 0.6 is 11.6 Å². The van der Waals surface area contributed by atoms with Crippen LogP contribution in [-0.4, -0.2) is 36.0 Å². The van der Waals surface area contributed by atoms with E-state index in [4.69, 9.17) is 21.4 Å². The van der Waals surface area contributed by atoms with Gasteiger partial charge in [-0.3, -0.25) is 14.4 Å². The molecule has 2 aromatic carbocycles. The van der Waals surface area contributed by atoms with Gasteiger partial charge in [-0.1, -0.05) is 23.7 Å². The number of ether oxygens (including phenoxy) is 1. The topological polar surface area (TPSA) is 95.9 Å². The molecule has 0 radical (unpaired) electrons. The maximum absolute atomic E-state index is 12.7. The molecule has 1 heterocycles. The number of nitrogens with zero attached hydrogens (tertiary/aromatic N) is 1. The van der Waals surface area contributed by atoms with Gasteiger partial charge in [-0.25, -0.2) is 4.90 Å². The Labute approximate surface area is 160 Å². The molecule has 8 heteroatoms. The first-order chi connectivity index (χ1) is 12.9. The fraction of sp³-hybridized carbons (Fsp3) is 0.211. The first-order valence-corrected chi connectivity index (χ1v) is 8.54. The van der Waals surface area contributed by atoms with Crippen molar-refractivity contribution >= 4 is 40.8 Å². The SMILES string of the molecule is COc1ccc(N2C(=O)CC(Nc3ccc(CC(=O)O)cc3)C2=O)cc1Cl. The summed E-state index contributed by atoms with van der Waals surface area (Å²) in [7, 11) is 1.48. The van der Waals surface area contributed by atoms with Crippen molar-refractivity contribution in [2.75, 3.05) is 17.3 Å². The maximum Gasteiger partial charge on any atom is 0.307 e. The summed E-state index contributed by atoms with van der Waals surface area (Å²) in [5, 5.41) is 12.1. The van der Waals surface area contributed by atoms with E-state index in [9.17, 15) is 14.4 Å². The molecule has 1 fully saturated rings. The minimum atomic E-state index is -0.916. The third kappa shape index (κ3) is 4.03. The average Bonchev–Trinajstić information content (AvgIpc) is 2.89. The zero-order chi connectivity index (χ0) is 19.6. The molecule has 1 unspecified atom stereocenters. The van der Waals surface area contributed by atoms with E-state index >= 15 is 0 Å². The maximum atomic E-state index is 12.7. The van der Waals surface area contributed by atoms with E-state index in [2.05, 4.69) is 5.32 Å². The summed E-state index contributed by atoms with van der Waals surface area (Å²) in [4.78, 5) is 36.9. The number of hydrogen-bond donors (Lipinski definition) is 2. The van der Waals surface area contributed by atoms with Crippen LogP contribution in [0.2, 0.25) is 5.02 Å². The standard InChI is InChI=1S/C19H17ClN2O5/c1-27-16-7-6-13(9-14(16)20)22-17(23)10-15(19(22)26)21-12-4-2-11(3-5-12)8-18(24)25/h2-7,9,15,21H,8,10H2,1H3,(H,24,25). The minimum absolute atomic E-state index is 0.0133. The van der Waals surface area contributed by atoms with Crippen molar-refractivity contribution < 1.29 is 24.2 Å². The smallest absolute Gasteiger partial charge is 0.307 e. The molecule has 0 aliphatic carbocycles. The van der Waals surface area contributed by atoms with Gasteiger partial charge in [0.25, 0.3) is 5.91 Å². The molecule has 1 atom stereocenters. The summed E-state index contributed by atoms with van der Waals surface area (Å²) in [6.07, 6.45) is -0.0630. The Kier molecular flexibility index (Phi) is 5.32. The molecular weight excluding hydrogens is 372 g/mol. The quantitative estimate of drug-likeness (QED) is 0.739. The fourth-order valence-electron chi connectivity index (χ4n) is 2.90. The van der Waals surface area contributed by atoms with Crippen molar-refractivity contribution in [2.24, 2.45) is 0 Å². The number of methoxy groups -OCH3 is 1. The van der Waals surface area contributed by atoms with Crippen LogP contribution in [0.1, 0.15) is 12.0 Å². The molecule has 0 spiro atoms. The predicted molar refractivity (Wildman–Crippen MR) is 100 cm³/mol. The number of carbonyl (C=O) groups is 3. The Morgan fingerprint density at radius 3 is 2.56 bits per heavy atom. The number of imide groups is 1. The Morgan fingerprint density at radius 2 is 1.96 bits per heavy atom. The van der Waals surface area contributed by atoms with Crippen molar-refractivity contribution in [3.63, 3.8) is 0 Å². The van der Waals surface area contributed by atoms with E-state index in [0.717, 1.165) is 4.90 Å². The van der Waals surface area contributed by atoms with Crippen LogP contribution in [-0.2, 0) is 20.8 Å². The number of anilines is 2. The van der Waals surface area contributed by atoms with Crippen molar-refractivity contribution in [2.45, 2.75) is 18.9 Å². The Balaban J connectivity index is 1.74. The lowest BCUT2D eigenvalue weighted by atomic mass is 10.1. The highest BCUT2D eigenvalue weighted by Gasteiger charge is 2.39. The highest BCUT2D eigenvalue weighted by Crippen LogP contribution is 2.32. The molecule has 27 heavy (non-hydrogen) atoms. The van der Waals surface area contributed by atoms with E-state index in [-0.39, 0.29) is 24.7 Å². The molecular formula is C19H17ClN2O5. The molecule has 1 aliphatic heterocycles. The largest absolute Gasteiger partial charge is 0.495 e. The van der Waals surface area contributed by atoms with Crippen LogP contribution in [0, 0.1) is 0 Å². The number of amides is 2. The molecule has 1 saturated heterocycles. The van der Waals surface area contributed by atoms with E-state index in [1.165, 1.54) is 13.2 Å². The molecule has 0 saturated carbocycles. The van der Waals surface area contributed by atoms with Gasteiger partial charge in [-0.05, 0) is 35.9 Å². The van der Waals surface area contributed by atoms with Crippen LogP contribution in [0.25, 0.3) is 0 Å². The average molecular weight is 389 g/mol. The second-order valence-electron chi connectivity index (χ2n) is 6.05. The number of nitrogens with one attached hydrogen (secondary N) is 1. The number of carboxylic acids is 1. The fourth-order valence-corrected chi connectivity index (χ4v) is 3.16. The highest BCUT2D eigenvalue weighted by atomic mass is 35.5. The van der Waals surface area contributed by atoms with E-state index in [1.54, 1.807) is 36.4 Å². The second-order valence-corrected chi connectivity index (χ2v) is 6.46. The van der Waals surface area contributed by atoms with Crippen molar-refractivity contribution in [1.82, 2.24) is 0 Å². The summed E-state index contributed by atoms with van der Waals surface area (Å²) in [6.45, 7) is 0. The van der Waals surface area contributed by atoms with Crippen LogP contribution < -0.4 is 15.0 Å². The van der Waals surface area contributed by atoms with Gasteiger partial charge in [-0.2, -0.15) is 0 Å². The van der Waals surface area contributed by atoms with Gasteiger partial charge in [0.2, 0.25) is 5.91 Å². The van der Waals surface area contributed by atoms with Gasteiger partial charge >= 0.3 is 5.97 Å². The molecule has 2 amide bonds. The van der Waals surface area contributed by atoms with E-state index in [1.807, 2.05) is 0 Å². The normalized spacial score (nSPS) is 16.5. The van der Waals surface area contributed by atoms with Gasteiger partial charge in [-0.15, -0.1) is 0 Å². The van der Waals surface area contributed by atoms with Crippen LogP contribution in [0.4, 0.5) is 11.4 Å². The minimum Gasteiger partial charge on any atom is -0.495 e. The first-order valence-electron chi connectivity index (χ1n) is 8.16. The summed E-state index contributed by atoms with van der Waals surface area (Å²) in [5.74, 6) is -1.17. The Morgan fingerprint density at radius 1 is 1.26 bits per heavy atom.